The molecule has 3 aromatic rings. The molecule has 1 aromatic carbocycles. The van der Waals surface area contributed by atoms with Gasteiger partial charge in [-0.05, 0) is 25.1 Å². The Bertz CT molecular complexity index is 1060. The number of aryl methyl sites for hydroxylation is 3. The van der Waals surface area contributed by atoms with E-state index >= 15 is 0 Å². The SMILES string of the molecule is COc1c(CN2CCOC(c3cc(CCOc4cccc(F)c4)n(C)n3)C2)c(C)nn1C. The minimum absolute atomic E-state index is 0.101. The molecule has 1 atom stereocenters. The second-order valence-corrected chi connectivity index (χ2v) is 8.03. The fraction of sp³-hybridized carbons (Fsp3) is 0.478. The van der Waals surface area contributed by atoms with Crippen LogP contribution in [0.15, 0.2) is 30.3 Å². The van der Waals surface area contributed by atoms with Crippen molar-refractivity contribution in [1.29, 1.82) is 0 Å². The van der Waals surface area contributed by atoms with E-state index < -0.39 is 0 Å². The average Bonchev–Trinajstić information content (AvgIpc) is 3.27. The summed E-state index contributed by atoms with van der Waals surface area (Å²) in [5, 5.41) is 9.16. The highest BCUT2D eigenvalue weighted by molar-refractivity contribution is 5.31. The molecular weight excluding hydrogens is 413 g/mol. The van der Waals surface area contributed by atoms with Crippen molar-refractivity contribution < 1.29 is 18.6 Å². The third kappa shape index (κ3) is 4.94. The van der Waals surface area contributed by atoms with Crippen molar-refractivity contribution in [1.82, 2.24) is 24.5 Å². The molecular formula is C23H30FN5O3. The second kappa shape index (κ2) is 9.70. The molecule has 0 amide bonds. The first-order valence-corrected chi connectivity index (χ1v) is 10.8. The lowest BCUT2D eigenvalue weighted by molar-refractivity contribution is -0.0354. The largest absolute Gasteiger partial charge is 0.493 e. The van der Waals surface area contributed by atoms with Crippen LogP contribution < -0.4 is 9.47 Å². The molecule has 8 nitrogen and oxygen atoms in total. The first kappa shape index (κ1) is 22.3. The van der Waals surface area contributed by atoms with Gasteiger partial charge in [-0.3, -0.25) is 9.58 Å². The Morgan fingerprint density at radius 1 is 1.19 bits per heavy atom. The van der Waals surface area contributed by atoms with Crippen molar-refractivity contribution in [3.8, 4) is 11.6 Å². The Kier molecular flexibility index (Phi) is 6.76. The molecule has 0 saturated carbocycles. The monoisotopic (exact) mass is 443 g/mol. The van der Waals surface area contributed by atoms with Crippen LogP contribution in [0.1, 0.15) is 28.7 Å². The van der Waals surface area contributed by atoms with Crippen LogP contribution in [-0.4, -0.2) is 57.9 Å². The van der Waals surface area contributed by atoms with Gasteiger partial charge in [-0.15, -0.1) is 0 Å². The summed E-state index contributed by atoms with van der Waals surface area (Å²) in [7, 11) is 5.49. The van der Waals surface area contributed by atoms with Gasteiger partial charge in [-0.25, -0.2) is 9.07 Å². The number of hydrogen-bond donors (Lipinski definition) is 0. The van der Waals surface area contributed by atoms with Crippen LogP contribution in [0.4, 0.5) is 4.39 Å². The molecule has 1 aliphatic heterocycles. The summed E-state index contributed by atoms with van der Waals surface area (Å²) in [5.41, 5.74) is 4.03. The van der Waals surface area contributed by atoms with Gasteiger partial charge in [-0.2, -0.15) is 10.2 Å². The van der Waals surface area contributed by atoms with E-state index in [1.54, 1.807) is 23.9 Å². The Morgan fingerprint density at radius 2 is 2.03 bits per heavy atom. The standard InChI is InChI=1S/C23H30FN5O3/c1-16-20(23(30-4)28(3)25-16)14-29-9-11-32-22(15-29)21-13-18(27(2)26-21)8-10-31-19-7-5-6-17(24)12-19/h5-7,12-13,22H,8-11,14-15H2,1-4H3. The van der Waals surface area contributed by atoms with Crippen molar-refractivity contribution in [3.05, 3.63) is 58.8 Å². The van der Waals surface area contributed by atoms with Crippen molar-refractivity contribution in [2.75, 3.05) is 33.4 Å². The number of methoxy groups -OCH3 is 1. The lowest BCUT2D eigenvalue weighted by Gasteiger charge is -2.32. The first-order chi connectivity index (χ1) is 15.4. The molecule has 172 valence electrons. The third-order valence-corrected chi connectivity index (χ3v) is 5.76. The van der Waals surface area contributed by atoms with Crippen LogP contribution in [0, 0.1) is 12.7 Å². The summed E-state index contributed by atoms with van der Waals surface area (Å²) in [6.07, 6.45) is 0.568. The molecule has 0 bridgehead atoms. The first-order valence-electron chi connectivity index (χ1n) is 10.8. The van der Waals surface area contributed by atoms with E-state index in [1.807, 2.05) is 25.7 Å². The molecule has 2 aromatic heterocycles. The average molecular weight is 444 g/mol. The van der Waals surface area contributed by atoms with Crippen LogP contribution in [0.3, 0.4) is 0 Å². The van der Waals surface area contributed by atoms with Crippen LogP contribution in [0.2, 0.25) is 0 Å². The van der Waals surface area contributed by atoms with E-state index in [-0.39, 0.29) is 11.9 Å². The Labute approximate surface area is 187 Å². The van der Waals surface area contributed by atoms with Crippen molar-refractivity contribution >= 4 is 0 Å². The van der Waals surface area contributed by atoms with Crippen LogP contribution in [0.25, 0.3) is 0 Å². The lowest BCUT2D eigenvalue weighted by atomic mass is 10.1. The molecule has 0 spiro atoms. The lowest BCUT2D eigenvalue weighted by Crippen LogP contribution is -2.38. The molecule has 32 heavy (non-hydrogen) atoms. The minimum Gasteiger partial charge on any atom is -0.493 e. The summed E-state index contributed by atoms with van der Waals surface area (Å²) in [5.74, 6) is 1.02. The highest BCUT2D eigenvalue weighted by atomic mass is 19.1. The van der Waals surface area contributed by atoms with Gasteiger partial charge in [0.05, 0.1) is 37.3 Å². The smallest absolute Gasteiger partial charge is 0.216 e. The molecule has 9 heteroatoms. The predicted octanol–water partition coefficient (Wildman–Crippen LogP) is 2.80. The number of hydrogen-bond acceptors (Lipinski definition) is 6. The van der Waals surface area contributed by atoms with E-state index in [4.69, 9.17) is 14.2 Å². The van der Waals surface area contributed by atoms with Crippen molar-refractivity contribution in [2.45, 2.75) is 26.0 Å². The van der Waals surface area contributed by atoms with Gasteiger partial charge >= 0.3 is 0 Å². The summed E-state index contributed by atoms with van der Waals surface area (Å²) in [6.45, 7) is 5.43. The zero-order chi connectivity index (χ0) is 22.7. The fourth-order valence-electron chi connectivity index (χ4n) is 4.12. The molecule has 0 N–H and O–H groups in total. The number of morpholine rings is 1. The maximum Gasteiger partial charge on any atom is 0.216 e. The van der Waals surface area contributed by atoms with Gasteiger partial charge in [0, 0.05) is 51.9 Å². The Morgan fingerprint density at radius 3 is 2.81 bits per heavy atom. The maximum atomic E-state index is 13.3. The van der Waals surface area contributed by atoms with Gasteiger partial charge in [0.1, 0.15) is 17.7 Å². The summed E-state index contributed by atoms with van der Waals surface area (Å²) in [4.78, 5) is 2.35. The van der Waals surface area contributed by atoms with Gasteiger partial charge < -0.3 is 14.2 Å². The van der Waals surface area contributed by atoms with Gasteiger partial charge in [-0.1, -0.05) is 6.07 Å². The van der Waals surface area contributed by atoms with Crippen molar-refractivity contribution in [3.63, 3.8) is 0 Å². The second-order valence-electron chi connectivity index (χ2n) is 8.03. The van der Waals surface area contributed by atoms with E-state index in [0.717, 1.165) is 48.2 Å². The fourth-order valence-corrected chi connectivity index (χ4v) is 4.12. The molecule has 0 radical (unpaired) electrons. The number of halogens is 1. The molecule has 3 heterocycles. The normalized spacial score (nSPS) is 17.0. The summed E-state index contributed by atoms with van der Waals surface area (Å²) < 4.78 is 34.2. The molecule has 4 rings (SSSR count). The number of rotatable bonds is 8. The number of benzene rings is 1. The quantitative estimate of drug-likeness (QED) is 0.534. The molecule has 1 fully saturated rings. The van der Waals surface area contributed by atoms with E-state index in [2.05, 4.69) is 21.2 Å². The van der Waals surface area contributed by atoms with Gasteiger partial charge in [0.2, 0.25) is 5.88 Å². The van der Waals surface area contributed by atoms with E-state index in [1.165, 1.54) is 12.1 Å². The van der Waals surface area contributed by atoms with E-state index in [0.29, 0.717) is 25.4 Å². The van der Waals surface area contributed by atoms with Crippen LogP contribution in [-0.2, 0) is 31.8 Å². The highest BCUT2D eigenvalue weighted by Gasteiger charge is 2.27. The zero-order valence-corrected chi connectivity index (χ0v) is 19.0. The Hall–Kier alpha value is -2.91. The van der Waals surface area contributed by atoms with E-state index in [9.17, 15) is 4.39 Å². The number of ether oxygens (including phenoxy) is 3. The molecule has 1 saturated heterocycles. The molecule has 0 aliphatic carbocycles. The highest BCUT2D eigenvalue weighted by Crippen LogP contribution is 2.27. The van der Waals surface area contributed by atoms with Gasteiger partial charge in [0.25, 0.3) is 0 Å². The third-order valence-electron chi connectivity index (χ3n) is 5.76. The van der Waals surface area contributed by atoms with Gasteiger partial charge in [0.15, 0.2) is 0 Å². The zero-order valence-electron chi connectivity index (χ0n) is 19.0. The van der Waals surface area contributed by atoms with Crippen LogP contribution >= 0.6 is 0 Å². The maximum absolute atomic E-state index is 13.3. The summed E-state index contributed by atoms with van der Waals surface area (Å²) in [6, 6.07) is 8.25. The van der Waals surface area contributed by atoms with Crippen LogP contribution in [0.5, 0.6) is 11.6 Å². The minimum atomic E-state index is -0.302. The number of aromatic nitrogens is 4. The Balaban J connectivity index is 1.37. The summed E-state index contributed by atoms with van der Waals surface area (Å²) >= 11 is 0. The van der Waals surface area contributed by atoms with Crippen molar-refractivity contribution in [2.24, 2.45) is 14.1 Å². The molecule has 1 unspecified atom stereocenters. The number of nitrogens with zero attached hydrogens (tertiary/aromatic N) is 5. The topological polar surface area (TPSA) is 66.6 Å². The molecule has 1 aliphatic rings. The predicted molar refractivity (Wildman–Crippen MR) is 117 cm³/mol.